The van der Waals surface area contributed by atoms with Crippen molar-refractivity contribution in [3.05, 3.63) is 72.1 Å². The molecule has 0 spiro atoms. The van der Waals surface area contributed by atoms with Crippen LogP contribution in [-0.2, 0) is 17.8 Å². The molecule has 0 fully saturated rings. The summed E-state index contributed by atoms with van der Waals surface area (Å²) in [6.07, 6.45) is 4.92. The lowest BCUT2D eigenvalue weighted by molar-refractivity contribution is -0.117. The number of hydrogen-bond acceptors (Lipinski definition) is 3. The van der Waals surface area contributed by atoms with Crippen LogP contribution >= 0.6 is 0 Å². The van der Waals surface area contributed by atoms with Gasteiger partial charge in [-0.3, -0.25) is 4.79 Å². The molecule has 0 aliphatic heterocycles. The fourth-order valence-corrected chi connectivity index (χ4v) is 3.55. The van der Waals surface area contributed by atoms with Crippen molar-refractivity contribution in [1.29, 1.82) is 0 Å². The number of rotatable bonds is 12. The second-order valence-corrected chi connectivity index (χ2v) is 8.03. The van der Waals surface area contributed by atoms with Crippen molar-refractivity contribution in [1.82, 2.24) is 14.9 Å². The van der Waals surface area contributed by atoms with E-state index in [1.807, 2.05) is 18.2 Å². The van der Waals surface area contributed by atoms with Gasteiger partial charge in [0, 0.05) is 25.1 Å². The van der Waals surface area contributed by atoms with Crippen LogP contribution in [0.4, 0.5) is 0 Å². The van der Waals surface area contributed by atoms with Gasteiger partial charge < -0.3 is 14.6 Å². The van der Waals surface area contributed by atoms with Gasteiger partial charge in [-0.25, -0.2) is 4.98 Å². The molecule has 0 unspecified atom stereocenters. The Balaban J connectivity index is 1.50. The molecular formula is C26H33N3O2. The van der Waals surface area contributed by atoms with E-state index >= 15 is 0 Å². The van der Waals surface area contributed by atoms with E-state index in [1.54, 1.807) is 6.92 Å². The monoisotopic (exact) mass is 419 g/mol. The average Bonchev–Trinajstić information content (AvgIpc) is 3.12. The minimum absolute atomic E-state index is 0.0605. The molecule has 31 heavy (non-hydrogen) atoms. The highest BCUT2D eigenvalue weighted by atomic mass is 16.5. The average molecular weight is 420 g/mol. The maximum atomic E-state index is 11.5. The summed E-state index contributed by atoms with van der Waals surface area (Å²) in [5.74, 6) is 1.98. The Morgan fingerprint density at radius 3 is 2.61 bits per heavy atom. The molecule has 0 saturated heterocycles. The van der Waals surface area contributed by atoms with Crippen LogP contribution in [0.3, 0.4) is 0 Å². The van der Waals surface area contributed by atoms with Crippen LogP contribution in [0.25, 0.3) is 11.0 Å². The third-order valence-electron chi connectivity index (χ3n) is 5.30. The van der Waals surface area contributed by atoms with Gasteiger partial charge in [-0.15, -0.1) is 0 Å². The number of nitrogens with zero attached hydrogens (tertiary/aromatic N) is 2. The lowest BCUT2D eigenvalue weighted by Gasteiger charge is -2.11. The second-order valence-electron chi connectivity index (χ2n) is 8.03. The number of aromatic nitrogens is 2. The summed E-state index contributed by atoms with van der Waals surface area (Å²) in [7, 11) is 0. The van der Waals surface area contributed by atoms with Crippen molar-refractivity contribution in [2.45, 2.75) is 52.5 Å². The predicted molar refractivity (Wildman–Crippen MR) is 126 cm³/mol. The maximum absolute atomic E-state index is 11.5. The molecule has 164 valence electrons. The number of carbonyl (C=O) groups excluding carboxylic acids is 1. The summed E-state index contributed by atoms with van der Waals surface area (Å²) < 4.78 is 8.23. The van der Waals surface area contributed by atoms with E-state index in [2.05, 4.69) is 53.7 Å². The molecule has 1 aromatic heterocycles. The van der Waals surface area contributed by atoms with E-state index in [0.29, 0.717) is 18.7 Å². The first kappa shape index (κ1) is 22.6. The van der Waals surface area contributed by atoms with Gasteiger partial charge in [0.1, 0.15) is 11.6 Å². The molecule has 0 aliphatic carbocycles. The molecule has 5 heteroatoms. The Kier molecular flexibility index (Phi) is 8.27. The van der Waals surface area contributed by atoms with E-state index in [9.17, 15) is 4.79 Å². The van der Waals surface area contributed by atoms with Crippen molar-refractivity contribution < 1.29 is 9.53 Å². The van der Waals surface area contributed by atoms with Gasteiger partial charge in [0.2, 0.25) is 5.91 Å². The molecule has 0 saturated carbocycles. The molecule has 1 heterocycles. The molecule has 1 N–H and O–H groups in total. The van der Waals surface area contributed by atoms with Crippen molar-refractivity contribution in [2.75, 3.05) is 13.2 Å². The largest absolute Gasteiger partial charge is 0.494 e. The van der Waals surface area contributed by atoms with Gasteiger partial charge >= 0.3 is 0 Å². The van der Waals surface area contributed by atoms with Crippen LogP contribution in [-0.4, -0.2) is 28.6 Å². The molecule has 0 radical (unpaired) electrons. The number of imidazole rings is 1. The second kappa shape index (κ2) is 11.3. The van der Waals surface area contributed by atoms with Gasteiger partial charge in [0.25, 0.3) is 0 Å². The standard InChI is InChI=1S/C26H33N3O2/c1-20(2)26(30)27-17-8-4-5-12-25-28-23-10-6-7-11-24(23)29(25)18-9-19-31-22-15-13-21(3)14-16-22/h6-7,10-11,13-16H,1,4-5,8-9,12,17-19H2,2-3H3,(H,27,30). The molecular weight excluding hydrogens is 386 g/mol. The van der Waals surface area contributed by atoms with Gasteiger partial charge in [-0.05, 0) is 57.4 Å². The molecule has 0 bridgehead atoms. The van der Waals surface area contributed by atoms with Crippen LogP contribution in [0.5, 0.6) is 5.75 Å². The maximum Gasteiger partial charge on any atom is 0.246 e. The topological polar surface area (TPSA) is 56.2 Å². The lowest BCUT2D eigenvalue weighted by atomic mass is 10.2. The Morgan fingerprint density at radius 1 is 1.06 bits per heavy atom. The first-order valence-electron chi connectivity index (χ1n) is 11.1. The predicted octanol–water partition coefficient (Wildman–Crippen LogP) is 5.22. The van der Waals surface area contributed by atoms with E-state index in [-0.39, 0.29) is 5.91 Å². The van der Waals surface area contributed by atoms with Gasteiger partial charge in [-0.1, -0.05) is 42.8 Å². The highest BCUT2D eigenvalue weighted by Crippen LogP contribution is 2.19. The summed E-state index contributed by atoms with van der Waals surface area (Å²) in [5, 5.41) is 2.89. The number of unbranched alkanes of at least 4 members (excludes halogenated alkanes) is 2. The van der Waals surface area contributed by atoms with Crippen LogP contribution in [0, 0.1) is 6.92 Å². The number of hydrogen-bond donors (Lipinski definition) is 1. The zero-order valence-corrected chi connectivity index (χ0v) is 18.7. The summed E-state index contributed by atoms with van der Waals surface area (Å²) >= 11 is 0. The first-order valence-corrected chi connectivity index (χ1v) is 11.1. The first-order chi connectivity index (χ1) is 15.0. The fourth-order valence-electron chi connectivity index (χ4n) is 3.55. The Labute approximate surface area is 185 Å². The summed E-state index contributed by atoms with van der Waals surface area (Å²) in [6.45, 7) is 9.72. The number of para-hydroxylation sites is 2. The fraction of sp³-hybridized carbons (Fsp3) is 0.385. The SMILES string of the molecule is C=C(C)C(=O)NCCCCCc1nc2ccccc2n1CCCOc1ccc(C)cc1. The minimum atomic E-state index is -0.0605. The Bertz CT molecular complexity index is 1010. The zero-order chi connectivity index (χ0) is 22.1. The normalized spacial score (nSPS) is 10.9. The van der Waals surface area contributed by atoms with Crippen LogP contribution in [0.2, 0.25) is 0 Å². The smallest absolute Gasteiger partial charge is 0.246 e. The summed E-state index contributed by atoms with van der Waals surface area (Å²) in [5.41, 5.74) is 4.02. The number of amides is 1. The van der Waals surface area contributed by atoms with Crippen LogP contribution in [0.1, 0.15) is 44.0 Å². The molecule has 3 aromatic rings. The number of nitrogens with one attached hydrogen (secondary N) is 1. The molecule has 0 aliphatic rings. The van der Waals surface area contributed by atoms with Gasteiger partial charge in [0.05, 0.1) is 17.6 Å². The van der Waals surface area contributed by atoms with E-state index in [4.69, 9.17) is 9.72 Å². The molecule has 2 aromatic carbocycles. The summed E-state index contributed by atoms with van der Waals surface area (Å²) in [4.78, 5) is 16.4. The van der Waals surface area contributed by atoms with Gasteiger partial charge in [-0.2, -0.15) is 0 Å². The third-order valence-corrected chi connectivity index (χ3v) is 5.30. The molecule has 3 rings (SSSR count). The van der Waals surface area contributed by atoms with E-state index in [1.165, 1.54) is 11.1 Å². The highest BCUT2D eigenvalue weighted by Gasteiger charge is 2.10. The van der Waals surface area contributed by atoms with E-state index < -0.39 is 0 Å². The van der Waals surface area contributed by atoms with Crippen LogP contribution in [0.15, 0.2) is 60.7 Å². The van der Waals surface area contributed by atoms with Crippen molar-refractivity contribution in [3.63, 3.8) is 0 Å². The van der Waals surface area contributed by atoms with Gasteiger partial charge in [0.15, 0.2) is 0 Å². The lowest BCUT2D eigenvalue weighted by Crippen LogP contribution is -2.24. The highest BCUT2D eigenvalue weighted by molar-refractivity contribution is 5.92. The summed E-state index contributed by atoms with van der Waals surface area (Å²) in [6, 6.07) is 16.5. The Morgan fingerprint density at radius 2 is 1.84 bits per heavy atom. The zero-order valence-electron chi connectivity index (χ0n) is 18.7. The van der Waals surface area contributed by atoms with Crippen molar-refractivity contribution >= 4 is 16.9 Å². The van der Waals surface area contributed by atoms with Crippen molar-refractivity contribution in [2.24, 2.45) is 0 Å². The van der Waals surface area contributed by atoms with E-state index in [0.717, 1.165) is 55.7 Å². The molecule has 5 nitrogen and oxygen atoms in total. The van der Waals surface area contributed by atoms with Crippen molar-refractivity contribution in [3.8, 4) is 5.75 Å². The number of ether oxygens (including phenoxy) is 1. The quantitative estimate of drug-likeness (QED) is 0.323. The third kappa shape index (κ3) is 6.71. The van der Waals surface area contributed by atoms with Crippen LogP contribution < -0.4 is 10.1 Å². The number of aryl methyl sites for hydroxylation is 3. The number of fused-ring (bicyclic) bond motifs is 1. The minimum Gasteiger partial charge on any atom is -0.494 e. The molecule has 0 atom stereocenters. The number of carbonyl (C=O) groups is 1. The number of benzene rings is 2. The molecule has 1 amide bonds. The Hall–Kier alpha value is -3.08.